The number of nitrogens with one attached hydrogen (secondary N) is 1. The summed E-state index contributed by atoms with van der Waals surface area (Å²) >= 11 is 0. The fourth-order valence-electron chi connectivity index (χ4n) is 3.59. The van der Waals surface area contributed by atoms with Gasteiger partial charge in [0.25, 0.3) is 0 Å². The minimum absolute atomic E-state index is 0.698. The van der Waals surface area contributed by atoms with Crippen LogP contribution in [0.2, 0.25) is 0 Å². The van der Waals surface area contributed by atoms with Crippen molar-refractivity contribution < 1.29 is 0 Å². The Kier molecular flexibility index (Phi) is 4.67. The summed E-state index contributed by atoms with van der Waals surface area (Å²) in [6.07, 6.45) is 4.13. The van der Waals surface area contributed by atoms with E-state index in [1.165, 1.54) is 41.5 Å². The molecule has 1 fully saturated rings. The van der Waals surface area contributed by atoms with Crippen LogP contribution in [0.15, 0.2) is 12.1 Å². The van der Waals surface area contributed by atoms with Gasteiger partial charge >= 0.3 is 0 Å². The number of hydrogen-bond donors (Lipinski definition) is 1. The van der Waals surface area contributed by atoms with Crippen molar-refractivity contribution in [3.05, 3.63) is 34.4 Å². The molecular formula is C18H29N. The molecular weight excluding hydrogens is 230 g/mol. The monoisotopic (exact) mass is 259 g/mol. The van der Waals surface area contributed by atoms with Gasteiger partial charge in [0.15, 0.2) is 0 Å². The molecule has 1 N–H and O–H groups in total. The van der Waals surface area contributed by atoms with E-state index in [0.717, 1.165) is 18.4 Å². The summed E-state index contributed by atoms with van der Waals surface area (Å²) in [7, 11) is 0. The van der Waals surface area contributed by atoms with Gasteiger partial charge in [0.1, 0.15) is 0 Å². The maximum atomic E-state index is 3.82. The minimum atomic E-state index is 0.698. The minimum Gasteiger partial charge on any atom is -0.310 e. The lowest BCUT2D eigenvalue weighted by atomic mass is 9.78. The highest BCUT2D eigenvalue weighted by Gasteiger charge is 2.26. The van der Waals surface area contributed by atoms with Gasteiger partial charge in [-0.2, -0.15) is 0 Å². The second-order valence-corrected chi connectivity index (χ2v) is 6.63. The van der Waals surface area contributed by atoms with Gasteiger partial charge in [0.2, 0.25) is 0 Å². The van der Waals surface area contributed by atoms with Crippen molar-refractivity contribution >= 4 is 0 Å². The summed E-state index contributed by atoms with van der Waals surface area (Å²) in [5, 5.41) is 3.82. The highest BCUT2D eigenvalue weighted by molar-refractivity contribution is 5.37. The predicted octanol–water partition coefficient (Wildman–Crippen LogP) is 4.53. The average Bonchev–Trinajstić information content (AvgIpc) is 2.33. The Morgan fingerprint density at radius 2 is 1.68 bits per heavy atom. The smallest absolute Gasteiger partial charge is 0.0213 e. The van der Waals surface area contributed by atoms with Gasteiger partial charge in [0, 0.05) is 12.6 Å². The lowest BCUT2D eigenvalue weighted by molar-refractivity contribution is 0.206. The molecule has 106 valence electrons. The summed E-state index contributed by atoms with van der Waals surface area (Å²) in [5.74, 6) is 1.67. The maximum absolute atomic E-state index is 3.82. The fourth-order valence-corrected chi connectivity index (χ4v) is 3.59. The Morgan fingerprint density at radius 3 is 2.32 bits per heavy atom. The zero-order valence-corrected chi connectivity index (χ0v) is 13.2. The molecule has 1 aromatic carbocycles. The van der Waals surface area contributed by atoms with Gasteiger partial charge in [0.05, 0.1) is 0 Å². The zero-order chi connectivity index (χ0) is 14.0. The molecule has 1 nitrogen and oxygen atoms in total. The van der Waals surface area contributed by atoms with Crippen molar-refractivity contribution in [2.45, 2.75) is 66.5 Å². The topological polar surface area (TPSA) is 12.0 Å². The second-order valence-electron chi connectivity index (χ2n) is 6.63. The third-order valence-electron chi connectivity index (χ3n) is 5.09. The van der Waals surface area contributed by atoms with Crippen LogP contribution >= 0.6 is 0 Å². The summed E-state index contributed by atoms with van der Waals surface area (Å²) < 4.78 is 0. The lowest BCUT2D eigenvalue weighted by Gasteiger charge is -2.35. The van der Waals surface area contributed by atoms with Crippen LogP contribution in [0.5, 0.6) is 0 Å². The van der Waals surface area contributed by atoms with Crippen LogP contribution in [0.25, 0.3) is 0 Å². The highest BCUT2D eigenvalue weighted by Crippen LogP contribution is 2.30. The first-order valence-corrected chi connectivity index (χ1v) is 7.79. The van der Waals surface area contributed by atoms with Crippen molar-refractivity contribution in [3.63, 3.8) is 0 Å². The van der Waals surface area contributed by atoms with Crippen LogP contribution in [0.3, 0.4) is 0 Å². The molecule has 0 saturated heterocycles. The maximum Gasteiger partial charge on any atom is 0.0213 e. The fraction of sp³-hybridized carbons (Fsp3) is 0.667. The van der Waals surface area contributed by atoms with Gasteiger partial charge < -0.3 is 5.32 Å². The van der Waals surface area contributed by atoms with Crippen molar-refractivity contribution in [1.29, 1.82) is 0 Å². The van der Waals surface area contributed by atoms with Gasteiger partial charge in [-0.15, -0.1) is 0 Å². The molecule has 0 heterocycles. The molecule has 0 amide bonds. The van der Waals surface area contributed by atoms with E-state index in [9.17, 15) is 0 Å². The number of rotatable bonds is 3. The van der Waals surface area contributed by atoms with Crippen LogP contribution in [-0.2, 0) is 6.54 Å². The predicted molar refractivity (Wildman–Crippen MR) is 83.5 cm³/mol. The van der Waals surface area contributed by atoms with E-state index in [4.69, 9.17) is 0 Å². The molecule has 19 heavy (non-hydrogen) atoms. The third-order valence-corrected chi connectivity index (χ3v) is 5.09. The number of aryl methyl sites for hydroxylation is 3. The quantitative estimate of drug-likeness (QED) is 0.841. The van der Waals surface area contributed by atoms with E-state index in [-0.39, 0.29) is 0 Å². The molecule has 0 bridgehead atoms. The third kappa shape index (κ3) is 3.39. The van der Waals surface area contributed by atoms with E-state index >= 15 is 0 Å². The summed E-state index contributed by atoms with van der Waals surface area (Å²) in [6.45, 7) is 12.5. The van der Waals surface area contributed by atoms with E-state index in [1.807, 2.05) is 0 Å². The molecule has 0 aromatic heterocycles. The van der Waals surface area contributed by atoms with Crippen molar-refractivity contribution in [2.75, 3.05) is 0 Å². The number of benzene rings is 1. The van der Waals surface area contributed by atoms with Crippen molar-refractivity contribution in [2.24, 2.45) is 11.8 Å². The standard InChI is InChI=1S/C18H29N/c1-12-9-14(3)17(15(4)10-12)11-19-18-8-6-7-13(2)16(18)5/h9-10,13,16,18-19H,6-8,11H2,1-5H3. The lowest BCUT2D eigenvalue weighted by Crippen LogP contribution is -2.40. The second kappa shape index (κ2) is 6.09. The van der Waals surface area contributed by atoms with E-state index in [2.05, 4.69) is 52.1 Å². The molecule has 2 rings (SSSR count). The Hall–Kier alpha value is -0.820. The normalized spacial score (nSPS) is 27.5. The average molecular weight is 259 g/mol. The van der Waals surface area contributed by atoms with Gasteiger partial charge in [-0.05, 0) is 55.7 Å². The zero-order valence-electron chi connectivity index (χ0n) is 13.2. The SMILES string of the molecule is Cc1cc(C)c(CNC2CCCC(C)C2C)c(C)c1. The molecule has 1 aliphatic carbocycles. The molecule has 0 spiro atoms. The molecule has 1 aromatic rings. The first-order chi connectivity index (χ1) is 8.99. The van der Waals surface area contributed by atoms with Crippen LogP contribution in [0.1, 0.15) is 55.4 Å². The number of hydrogen-bond acceptors (Lipinski definition) is 1. The molecule has 3 atom stereocenters. The first kappa shape index (κ1) is 14.6. The van der Waals surface area contributed by atoms with Gasteiger partial charge in [-0.1, -0.05) is 44.4 Å². The van der Waals surface area contributed by atoms with E-state index < -0.39 is 0 Å². The van der Waals surface area contributed by atoms with Gasteiger partial charge in [-0.25, -0.2) is 0 Å². The van der Waals surface area contributed by atoms with Crippen LogP contribution in [0.4, 0.5) is 0 Å². The molecule has 0 radical (unpaired) electrons. The molecule has 1 heteroatoms. The molecule has 1 aliphatic rings. The molecule has 0 aliphatic heterocycles. The molecule has 3 unspecified atom stereocenters. The summed E-state index contributed by atoms with van der Waals surface area (Å²) in [6, 6.07) is 5.30. The Balaban J connectivity index is 2.02. The van der Waals surface area contributed by atoms with Crippen LogP contribution < -0.4 is 5.32 Å². The molecule has 1 saturated carbocycles. The highest BCUT2D eigenvalue weighted by atomic mass is 14.9. The Bertz CT molecular complexity index is 412. The first-order valence-electron chi connectivity index (χ1n) is 7.79. The Morgan fingerprint density at radius 1 is 1.05 bits per heavy atom. The van der Waals surface area contributed by atoms with E-state index in [1.54, 1.807) is 0 Å². The Labute approximate surface area is 118 Å². The summed E-state index contributed by atoms with van der Waals surface area (Å²) in [5.41, 5.74) is 5.73. The van der Waals surface area contributed by atoms with Crippen molar-refractivity contribution in [3.8, 4) is 0 Å². The largest absolute Gasteiger partial charge is 0.310 e. The summed E-state index contributed by atoms with van der Waals surface area (Å²) in [4.78, 5) is 0. The van der Waals surface area contributed by atoms with Gasteiger partial charge in [-0.3, -0.25) is 0 Å². The van der Waals surface area contributed by atoms with E-state index in [0.29, 0.717) is 6.04 Å². The van der Waals surface area contributed by atoms with Crippen LogP contribution in [-0.4, -0.2) is 6.04 Å². The van der Waals surface area contributed by atoms with Crippen LogP contribution in [0, 0.1) is 32.6 Å². The van der Waals surface area contributed by atoms with Crippen molar-refractivity contribution in [1.82, 2.24) is 5.32 Å².